The fourth-order valence-corrected chi connectivity index (χ4v) is 2.78. The molecule has 0 atom stereocenters. The Morgan fingerprint density at radius 3 is 2.68 bits per heavy atom. The maximum atomic E-state index is 12.6. The number of aromatic nitrogens is 1. The quantitative estimate of drug-likeness (QED) is 0.577. The zero-order chi connectivity index (χ0) is 19.9. The van der Waals surface area contributed by atoms with Crippen LogP contribution in [-0.4, -0.2) is 24.6 Å². The first-order chi connectivity index (χ1) is 13.6. The van der Waals surface area contributed by atoms with E-state index in [1.807, 2.05) is 19.1 Å². The number of methoxy groups -OCH3 is 1. The molecule has 1 amide bonds. The Bertz CT molecular complexity index is 979. The van der Waals surface area contributed by atoms with Crippen molar-refractivity contribution < 1.29 is 14.3 Å². The van der Waals surface area contributed by atoms with Gasteiger partial charge in [-0.15, -0.1) is 0 Å². The van der Waals surface area contributed by atoms with Gasteiger partial charge in [0.05, 0.1) is 25.1 Å². The molecule has 2 N–H and O–H groups in total. The van der Waals surface area contributed by atoms with Gasteiger partial charge in [0.2, 0.25) is 0 Å². The molecular weight excluding hydrogens is 378 g/mol. The third kappa shape index (κ3) is 4.72. The Morgan fingerprint density at radius 2 is 1.89 bits per heavy atom. The molecule has 6 nitrogen and oxygen atoms in total. The molecule has 1 heterocycles. The average Bonchev–Trinajstić information content (AvgIpc) is 2.70. The SMILES string of the molecule is CCOc1ccccc1NC(=O)c1cc(Nc2cc(Cl)ccc2OC)ccn1. The lowest BCUT2D eigenvalue weighted by molar-refractivity contribution is 0.102. The number of anilines is 3. The van der Waals surface area contributed by atoms with Crippen LogP contribution in [0.15, 0.2) is 60.8 Å². The first-order valence-electron chi connectivity index (χ1n) is 8.70. The van der Waals surface area contributed by atoms with E-state index in [2.05, 4.69) is 15.6 Å². The van der Waals surface area contributed by atoms with Crippen LogP contribution in [0.4, 0.5) is 17.1 Å². The zero-order valence-corrected chi connectivity index (χ0v) is 16.3. The molecule has 3 aromatic rings. The van der Waals surface area contributed by atoms with Crippen LogP contribution in [0, 0.1) is 0 Å². The molecule has 28 heavy (non-hydrogen) atoms. The Labute approximate surface area is 168 Å². The molecule has 1 aromatic heterocycles. The third-order valence-electron chi connectivity index (χ3n) is 3.87. The molecule has 0 saturated heterocycles. The Morgan fingerprint density at radius 1 is 1.07 bits per heavy atom. The van der Waals surface area contributed by atoms with Crippen molar-refractivity contribution in [3.8, 4) is 11.5 Å². The van der Waals surface area contributed by atoms with Crippen molar-refractivity contribution in [3.63, 3.8) is 0 Å². The summed E-state index contributed by atoms with van der Waals surface area (Å²) in [6.45, 7) is 2.39. The summed E-state index contributed by atoms with van der Waals surface area (Å²) in [5, 5.41) is 6.61. The second-order valence-corrected chi connectivity index (χ2v) is 6.22. The Kier molecular flexibility index (Phi) is 6.34. The number of amides is 1. The fourth-order valence-electron chi connectivity index (χ4n) is 2.60. The number of halogens is 1. The van der Waals surface area contributed by atoms with Gasteiger partial charge >= 0.3 is 0 Å². The average molecular weight is 398 g/mol. The highest BCUT2D eigenvalue weighted by Crippen LogP contribution is 2.30. The van der Waals surface area contributed by atoms with Crippen LogP contribution < -0.4 is 20.1 Å². The predicted molar refractivity (Wildman–Crippen MR) is 111 cm³/mol. The highest BCUT2D eigenvalue weighted by Gasteiger charge is 2.12. The van der Waals surface area contributed by atoms with Crippen molar-refractivity contribution in [1.29, 1.82) is 0 Å². The van der Waals surface area contributed by atoms with Crippen LogP contribution in [0.3, 0.4) is 0 Å². The molecular formula is C21H20ClN3O3. The lowest BCUT2D eigenvalue weighted by atomic mass is 10.2. The van der Waals surface area contributed by atoms with E-state index >= 15 is 0 Å². The smallest absolute Gasteiger partial charge is 0.274 e. The molecule has 0 spiro atoms. The fraction of sp³-hybridized carbons (Fsp3) is 0.143. The largest absolute Gasteiger partial charge is 0.495 e. The number of hydrogen-bond donors (Lipinski definition) is 2. The van der Waals surface area contributed by atoms with E-state index < -0.39 is 0 Å². The third-order valence-corrected chi connectivity index (χ3v) is 4.10. The van der Waals surface area contributed by atoms with Crippen LogP contribution >= 0.6 is 11.6 Å². The van der Waals surface area contributed by atoms with Gasteiger partial charge in [-0.3, -0.25) is 9.78 Å². The van der Waals surface area contributed by atoms with Gasteiger partial charge in [0.1, 0.15) is 17.2 Å². The lowest BCUT2D eigenvalue weighted by Crippen LogP contribution is -2.14. The summed E-state index contributed by atoms with van der Waals surface area (Å²) in [6, 6.07) is 15.9. The molecule has 0 unspecified atom stereocenters. The normalized spacial score (nSPS) is 10.2. The number of ether oxygens (including phenoxy) is 2. The monoisotopic (exact) mass is 397 g/mol. The summed E-state index contributed by atoms with van der Waals surface area (Å²) >= 11 is 6.07. The van der Waals surface area contributed by atoms with Crippen molar-refractivity contribution in [2.24, 2.45) is 0 Å². The van der Waals surface area contributed by atoms with Crippen molar-refractivity contribution in [3.05, 3.63) is 71.5 Å². The minimum atomic E-state index is -0.339. The molecule has 3 rings (SSSR count). The molecule has 144 valence electrons. The Balaban J connectivity index is 1.80. The van der Waals surface area contributed by atoms with Gasteiger partial charge in [-0.2, -0.15) is 0 Å². The first-order valence-corrected chi connectivity index (χ1v) is 9.08. The number of pyridine rings is 1. The minimum Gasteiger partial charge on any atom is -0.495 e. The number of carbonyl (C=O) groups excluding carboxylic acids is 1. The van der Waals surface area contributed by atoms with Crippen molar-refractivity contribution in [2.75, 3.05) is 24.4 Å². The molecule has 0 saturated carbocycles. The maximum Gasteiger partial charge on any atom is 0.274 e. The number of nitrogens with zero attached hydrogens (tertiary/aromatic N) is 1. The summed E-state index contributed by atoms with van der Waals surface area (Å²) in [5.74, 6) is 0.906. The number of para-hydroxylation sites is 2. The van der Waals surface area contributed by atoms with E-state index in [1.54, 1.807) is 55.8 Å². The summed E-state index contributed by atoms with van der Waals surface area (Å²) in [6.07, 6.45) is 1.56. The lowest BCUT2D eigenvalue weighted by Gasteiger charge is -2.13. The zero-order valence-electron chi connectivity index (χ0n) is 15.5. The number of hydrogen-bond acceptors (Lipinski definition) is 5. The van der Waals surface area contributed by atoms with Crippen molar-refractivity contribution in [2.45, 2.75) is 6.92 Å². The molecule has 0 aliphatic rings. The van der Waals surface area contributed by atoms with Gasteiger partial charge in [-0.05, 0) is 49.4 Å². The van der Waals surface area contributed by atoms with E-state index in [1.165, 1.54) is 0 Å². The first kappa shape index (κ1) is 19.5. The van der Waals surface area contributed by atoms with Crippen molar-refractivity contribution >= 4 is 34.6 Å². The predicted octanol–water partition coefficient (Wildman–Crippen LogP) is 5.14. The molecule has 2 aromatic carbocycles. The number of benzene rings is 2. The molecule has 0 aliphatic carbocycles. The maximum absolute atomic E-state index is 12.6. The van der Waals surface area contributed by atoms with E-state index in [0.29, 0.717) is 40.2 Å². The minimum absolute atomic E-state index is 0.261. The second kappa shape index (κ2) is 9.10. The van der Waals surface area contributed by atoms with Gasteiger partial charge in [0.25, 0.3) is 5.91 Å². The summed E-state index contributed by atoms with van der Waals surface area (Å²) in [7, 11) is 1.58. The van der Waals surface area contributed by atoms with E-state index in [4.69, 9.17) is 21.1 Å². The molecule has 0 radical (unpaired) electrons. The molecule has 0 aliphatic heterocycles. The highest BCUT2D eigenvalue weighted by molar-refractivity contribution is 6.31. The molecule has 0 fully saturated rings. The molecule has 7 heteroatoms. The summed E-state index contributed by atoms with van der Waals surface area (Å²) < 4.78 is 10.9. The van der Waals surface area contributed by atoms with E-state index in [-0.39, 0.29) is 11.6 Å². The Hall–Kier alpha value is -3.25. The number of nitrogens with one attached hydrogen (secondary N) is 2. The van der Waals surface area contributed by atoms with Crippen LogP contribution in [0.25, 0.3) is 0 Å². The van der Waals surface area contributed by atoms with Gasteiger partial charge in [-0.25, -0.2) is 0 Å². The number of rotatable bonds is 7. The number of carbonyl (C=O) groups is 1. The molecule has 0 bridgehead atoms. The topological polar surface area (TPSA) is 72.5 Å². The van der Waals surface area contributed by atoms with Crippen molar-refractivity contribution in [1.82, 2.24) is 4.98 Å². The van der Waals surface area contributed by atoms with Crippen LogP contribution in [0.1, 0.15) is 17.4 Å². The highest BCUT2D eigenvalue weighted by atomic mass is 35.5. The van der Waals surface area contributed by atoms with Gasteiger partial charge in [0, 0.05) is 16.9 Å². The second-order valence-electron chi connectivity index (χ2n) is 5.78. The van der Waals surface area contributed by atoms with E-state index in [9.17, 15) is 4.79 Å². The standard InChI is InChI=1S/C21H20ClN3O3/c1-3-28-20-7-5-4-6-16(20)25-21(26)18-13-15(10-11-23-18)24-17-12-14(22)8-9-19(17)27-2/h4-13H,3H2,1-2H3,(H,23,24)(H,25,26). The summed E-state index contributed by atoms with van der Waals surface area (Å²) in [4.78, 5) is 16.8. The van der Waals surface area contributed by atoms with Crippen LogP contribution in [0.5, 0.6) is 11.5 Å². The van der Waals surface area contributed by atoms with Gasteiger partial charge in [-0.1, -0.05) is 23.7 Å². The van der Waals surface area contributed by atoms with E-state index in [0.717, 1.165) is 0 Å². The summed E-state index contributed by atoms with van der Waals surface area (Å²) in [5.41, 5.74) is 2.22. The van der Waals surface area contributed by atoms with Gasteiger partial charge < -0.3 is 20.1 Å². The van der Waals surface area contributed by atoms with Crippen LogP contribution in [-0.2, 0) is 0 Å². The van der Waals surface area contributed by atoms with Crippen LogP contribution in [0.2, 0.25) is 5.02 Å². The van der Waals surface area contributed by atoms with Gasteiger partial charge in [0.15, 0.2) is 0 Å².